The third-order valence-corrected chi connectivity index (χ3v) is 11.3. The van der Waals surface area contributed by atoms with Crippen LogP contribution in [0.1, 0.15) is 31.9 Å². The molecule has 0 unspecified atom stereocenters. The number of hydrogen-bond acceptors (Lipinski definition) is 2. The molecule has 3 aromatic rings. The number of fused-ring (bicyclic) bond motifs is 1. The van der Waals surface area contributed by atoms with Crippen molar-refractivity contribution < 1.29 is 4.43 Å². The minimum absolute atomic E-state index is 0.0346. The normalized spacial score (nSPS) is 12.8. The smallest absolute Gasteiger partial charge is 0.274 e. The van der Waals surface area contributed by atoms with Crippen molar-refractivity contribution in [2.45, 2.75) is 58.9 Å². The second-order valence-corrected chi connectivity index (χ2v) is 15.1. The number of nitrogens with zero attached hydrogens (tertiary/aromatic N) is 3. The summed E-state index contributed by atoms with van der Waals surface area (Å²) >= 11 is 3.52. The van der Waals surface area contributed by atoms with E-state index >= 15 is 0 Å². The van der Waals surface area contributed by atoms with Gasteiger partial charge in [-0.1, -0.05) is 36.7 Å². The van der Waals surface area contributed by atoms with E-state index in [1.165, 1.54) is 11.1 Å². The monoisotopic (exact) mass is 477 g/mol. The quantitative estimate of drug-likeness (QED) is 0.452. The van der Waals surface area contributed by atoms with E-state index in [1.54, 1.807) is 4.68 Å². The van der Waals surface area contributed by atoms with Crippen LogP contribution in [0.5, 0.6) is 0 Å². The standard InChI is InChI=1S/C22H32BrN3O2Si/c1-16-13-25(10-11-28-29(6,7)22(2,3)4)14-17(16)15-26-20-12-18(23)8-9-19(20)21(27)24(26)5/h8-9,12-14H,10-11,15H2,1-7H3. The first-order valence-electron chi connectivity index (χ1n) is 10.0. The van der Waals surface area contributed by atoms with Crippen LogP contribution in [-0.4, -0.2) is 28.9 Å². The van der Waals surface area contributed by atoms with Crippen molar-refractivity contribution >= 4 is 35.2 Å². The maximum absolute atomic E-state index is 12.6. The van der Waals surface area contributed by atoms with Crippen molar-refractivity contribution in [3.05, 3.63) is 56.5 Å². The minimum Gasteiger partial charge on any atom is -0.415 e. The fourth-order valence-corrected chi connectivity index (χ4v) is 4.67. The van der Waals surface area contributed by atoms with Gasteiger partial charge in [-0.25, -0.2) is 0 Å². The average Bonchev–Trinajstić information content (AvgIpc) is 3.06. The summed E-state index contributed by atoms with van der Waals surface area (Å²) in [6.45, 7) is 15.7. The molecule has 5 nitrogen and oxygen atoms in total. The maximum Gasteiger partial charge on any atom is 0.274 e. The number of rotatable bonds is 6. The molecule has 0 bridgehead atoms. The van der Waals surface area contributed by atoms with Gasteiger partial charge in [0.2, 0.25) is 0 Å². The molecule has 7 heteroatoms. The second kappa shape index (κ2) is 7.93. The zero-order chi connectivity index (χ0) is 21.6. The molecule has 0 fully saturated rings. The van der Waals surface area contributed by atoms with Crippen LogP contribution in [0, 0.1) is 6.92 Å². The first-order chi connectivity index (χ1) is 13.4. The molecule has 1 aromatic carbocycles. The summed E-state index contributed by atoms with van der Waals surface area (Å²) in [5.74, 6) is 0. The number of aromatic nitrogens is 3. The van der Waals surface area contributed by atoms with Gasteiger partial charge >= 0.3 is 0 Å². The fourth-order valence-electron chi connectivity index (χ4n) is 3.29. The highest BCUT2D eigenvalue weighted by Crippen LogP contribution is 2.36. The molecular formula is C22H32BrN3O2Si. The van der Waals surface area contributed by atoms with E-state index in [4.69, 9.17) is 4.43 Å². The van der Waals surface area contributed by atoms with E-state index < -0.39 is 8.32 Å². The van der Waals surface area contributed by atoms with E-state index in [9.17, 15) is 4.79 Å². The Morgan fingerprint density at radius 2 is 1.86 bits per heavy atom. The third kappa shape index (κ3) is 4.46. The molecule has 0 amide bonds. The first kappa shape index (κ1) is 22.1. The Labute approximate surface area is 182 Å². The highest BCUT2D eigenvalue weighted by atomic mass is 79.9. The van der Waals surface area contributed by atoms with Gasteiger partial charge in [-0.2, -0.15) is 0 Å². The van der Waals surface area contributed by atoms with Gasteiger partial charge in [0.15, 0.2) is 8.32 Å². The Balaban J connectivity index is 1.79. The molecular weight excluding hydrogens is 446 g/mol. The fraction of sp³-hybridized carbons (Fsp3) is 0.500. The highest BCUT2D eigenvalue weighted by Gasteiger charge is 2.36. The van der Waals surface area contributed by atoms with E-state index in [2.05, 4.69) is 73.7 Å². The second-order valence-electron chi connectivity index (χ2n) is 9.36. The highest BCUT2D eigenvalue weighted by molar-refractivity contribution is 9.10. The van der Waals surface area contributed by atoms with Gasteiger partial charge < -0.3 is 8.99 Å². The van der Waals surface area contributed by atoms with Gasteiger partial charge in [-0.15, -0.1) is 0 Å². The van der Waals surface area contributed by atoms with E-state index in [0.29, 0.717) is 6.54 Å². The van der Waals surface area contributed by atoms with Crippen molar-refractivity contribution in [1.29, 1.82) is 0 Å². The number of halogens is 1. The van der Waals surface area contributed by atoms with Gasteiger partial charge in [0.25, 0.3) is 5.56 Å². The van der Waals surface area contributed by atoms with Gasteiger partial charge in [0.1, 0.15) is 0 Å². The zero-order valence-electron chi connectivity index (χ0n) is 18.5. The molecule has 3 rings (SSSR count). The van der Waals surface area contributed by atoms with Crippen LogP contribution >= 0.6 is 15.9 Å². The topological polar surface area (TPSA) is 41.1 Å². The largest absolute Gasteiger partial charge is 0.415 e. The Morgan fingerprint density at radius 3 is 2.52 bits per heavy atom. The molecule has 0 saturated carbocycles. The van der Waals surface area contributed by atoms with Crippen LogP contribution in [0.3, 0.4) is 0 Å². The molecule has 0 aliphatic carbocycles. The van der Waals surface area contributed by atoms with Crippen molar-refractivity contribution in [2.75, 3.05) is 6.61 Å². The molecule has 158 valence electrons. The molecule has 2 heterocycles. The Kier molecular flexibility index (Phi) is 6.05. The number of aryl methyl sites for hydroxylation is 1. The van der Waals surface area contributed by atoms with Crippen LogP contribution in [0.25, 0.3) is 10.9 Å². The summed E-state index contributed by atoms with van der Waals surface area (Å²) in [5, 5.41) is 0.967. The summed E-state index contributed by atoms with van der Waals surface area (Å²) in [5.41, 5.74) is 3.42. The summed E-state index contributed by atoms with van der Waals surface area (Å²) in [6, 6.07) is 5.81. The van der Waals surface area contributed by atoms with Gasteiger partial charge in [-0.05, 0) is 54.4 Å². The predicted molar refractivity (Wildman–Crippen MR) is 126 cm³/mol. The predicted octanol–water partition coefficient (Wildman–Crippen LogP) is 5.28. The van der Waals surface area contributed by atoms with Crippen LogP contribution < -0.4 is 5.56 Å². The van der Waals surface area contributed by atoms with Gasteiger partial charge in [-0.3, -0.25) is 14.2 Å². The Bertz CT molecular complexity index is 1090. The molecule has 0 aliphatic rings. The van der Waals surface area contributed by atoms with Crippen molar-refractivity contribution in [1.82, 2.24) is 13.9 Å². The minimum atomic E-state index is -1.73. The molecule has 0 saturated heterocycles. The van der Waals surface area contributed by atoms with Crippen LogP contribution in [0.4, 0.5) is 0 Å². The summed E-state index contributed by atoms with van der Waals surface area (Å²) in [4.78, 5) is 12.6. The van der Waals surface area contributed by atoms with Crippen LogP contribution in [0.2, 0.25) is 18.1 Å². The third-order valence-electron chi connectivity index (χ3n) is 6.25. The molecule has 0 radical (unpaired) electrons. The first-order valence-corrected chi connectivity index (χ1v) is 13.7. The van der Waals surface area contributed by atoms with E-state index in [0.717, 1.165) is 28.5 Å². The number of hydrogen-bond donors (Lipinski definition) is 0. The van der Waals surface area contributed by atoms with Crippen molar-refractivity contribution in [2.24, 2.45) is 7.05 Å². The summed E-state index contributed by atoms with van der Waals surface area (Å²) in [6.07, 6.45) is 4.35. The van der Waals surface area contributed by atoms with Gasteiger partial charge in [0.05, 0.1) is 24.1 Å². The van der Waals surface area contributed by atoms with Crippen LogP contribution in [-0.2, 0) is 24.6 Å². The molecule has 0 spiro atoms. The van der Waals surface area contributed by atoms with E-state index in [-0.39, 0.29) is 10.6 Å². The molecule has 29 heavy (non-hydrogen) atoms. The lowest BCUT2D eigenvalue weighted by Gasteiger charge is -2.36. The van der Waals surface area contributed by atoms with Crippen molar-refractivity contribution in [3.8, 4) is 0 Å². The molecule has 0 aliphatic heterocycles. The Morgan fingerprint density at radius 1 is 1.17 bits per heavy atom. The summed E-state index contributed by atoms with van der Waals surface area (Å²) < 4.78 is 13.2. The zero-order valence-corrected chi connectivity index (χ0v) is 21.1. The molecule has 0 atom stereocenters. The molecule has 0 N–H and O–H groups in total. The lowest BCUT2D eigenvalue weighted by Crippen LogP contribution is -2.41. The maximum atomic E-state index is 12.6. The number of benzene rings is 1. The Hall–Kier alpha value is -1.57. The SMILES string of the molecule is Cc1cn(CCO[Si](C)(C)C(C)(C)C)cc1Cn1c2cc(Br)ccc2c(=O)n1C. The summed E-state index contributed by atoms with van der Waals surface area (Å²) in [7, 11) is 0.102. The van der Waals surface area contributed by atoms with Crippen molar-refractivity contribution in [3.63, 3.8) is 0 Å². The molecule has 2 aromatic heterocycles. The van der Waals surface area contributed by atoms with E-state index in [1.807, 2.05) is 29.9 Å². The van der Waals surface area contributed by atoms with Crippen LogP contribution in [0.15, 0.2) is 39.9 Å². The average molecular weight is 479 g/mol. The van der Waals surface area contributed by atoms with Gasteiger partial charge in [0, 0.05) is 30.5 Å². The lowest BCUT2D eigenvalue weighted by atomic mass is 10.2. The lowest BCUT2D eigenvalue weighted by molar-refractivity contribution is 0.272.